The van der Waals surface area contributed by atoms with E-state index in [4.69, 9.17) is 0 Å². The van der Waals surface area contributed by atoms with Crippen LogP contribution in [0.4, 0.5) is 5.69 Å². The minimum Gasteiger partial charge on any atom is -0.337 e. The molecule has 0 unspecified atom stereocenters. The summed E-state index contributed by atoms with van der Waals surface area (Å²) in [6, 6.07) is 25.5. The molecule has 3 aromatic carbocycles. The molecule has 0 saturated carbocycles. The fourth-order valence-electron chi connectivity index (χ4n) is 4.35. The highest BCUT2D eigenvalue weighted by molar-refractivity contribution is 6.05. The number of hydrogen-bond donors (Lipinski definition) is 1. The molecule has 1 aromatic heterocycles. The Balaban J connectivity index is 1.38. The number of piperidine rings is 1. The van der Waals surface area contributed by atoms with Crippen molar-refractivity contribution in [3.63, 3.8) is 0 Å². The van der Waals surface area contributed by atoms with Gasteiger partial charge in [0.2, 0.25) is 5.91 Å². The van der Waals surface area contributed by atoms with Crippen LogP contribution in [-0.2, 0) is 4.79 Å². The molecule has 1 fully saturated rings. The van der Waals surface area contributed by atoms with Crippen molar-refractivity contribution >= 4 is 28.3 Å². The molecule has 7 nitrogen and oxygen atoms in total. The molecule has 0 spiro atoms. The summed E-state index contributed by atoms with van der Waals surface area (Å²) in [7, 11) is 0. The Hall–Kier alpha value is -4.26. The van der Waals surface area contributed by atoms with E-state index in [0.717, 1.165) is 5.69 Å². The molecular weight excluding hydrogens is 428 g/mol. The molecular formula is C27H24N4O3. The molecule has 1 N–H and O–H groups in total. The number of rotatable bonds is 4. The molecule has 0 radical (unpaired) electrons. The first-order valence-electron chi connectivity index (χ1n) is 11.3. The van der Waals surface area contributed by atoms with E-state index < -0.39 is 0 Å². The lowest BCUT2D eigenvalue weighted by Crippen LogP contribution is -2.42. The van der Waals surface area contributed by atoms with E-state index in [9.17, 15) is 14.4 Å². The van der Waals surface area contributed by atoms with Crippen molar-refractivity contribution in [3.05, 3.63) is 101 Å². The molecule has 7 heteroatoms. The highest BCUT2D eigenvalue weighted by Crippen LogP contribution is 2.23. The van der Waals surface area contributed by atoms with E-state index in [1.54, 1.807) is 41.3 Å². The van der Waals surface area contributed by atoms with Crippen LogP contribution in [0.25, 0.3) is 16.5 Å². The largest absolute Gasteiger partial charge is 0.337 e. The third-order valence-corrected chi connectivity index (χ3v) is 6.20. The number of nitrogens with one attached hydrogen (secondary N) is 1. The Labute approximate surface area is 196 Å². The third-order valence-electron chi connectivity index (χ3n) is 6.20. The Morgan fingerprint density at radius 1 is 0.794 bits per heavy atom. The molecule has 2 amide bonds. The number of carbonyl (C=O) groups excluding carboxylic acids is 2. The second-order valence-electron chi connectivity index (χ2n) is 8.37. The maximum atomic E-state index is 13.5. The van der Waals surface area contributed by atoms with Gasteiger partial charge in [-0.05, 0) is 43.2 Å². The predicted octanol–water partition coefficient (Wildman–Crippen LogP) is 3.88. The topological polar surface area (TPSA) is 84.3 Å². The SMILES string of the molecule is O=C(Nc1ccccc1)C1CCN(C(=O)c2nn(-c3ccccc3)c(=O)c3ccccc23)CC1. The number of hydrogen-bond acceptors (Lipinski definition) is 4. The third kappa shape index (κ3) is 4.20. The van der Waals surface area contributed by atoms with E-state index in [1.165, 1.54) is 4.68 Å². The predicted molar refractivity (Wildman–Crippen MR) is 131 cm³/mol. The fraction of sp³-hybridized carbons (Fsp3) is 0.185. The molecule has 5 rings (SSSR count). The Bertz CT molecular complexity index is 1390. The van der Waals surface area contributed by atoms with Gasteiger partial charge in [0.1, 0.15) is 0 Å². The van der Waals surface area contributed by atoms with Gasteiger partial charge in [0.25, 0.3) is 11.5 Å². The van der Waals surface area contributed by atoms with Crippen LogP contribution in [0, 0.1) is 5.92 Å². The van der Waals surface area contributed by atoms with Gasteiger partial charge in [0, 0.05) is 30.1 Å². The number of carbonyl (C=O) groups is 2. The first kappa shape index (κ1) is 21.6. The van der Waals surface area contributed by atoms with Gasteiger partial charge in [-0.1, -0.05) is 54.6 Å². The molecule has 4 aromatic rings. The minimum atomic E-state index is -0.269. The second-order valence-corrected chi connectivity index (χ2v) is 8.37. The lowest BCUT2D eigenvalue weighted by molar-refractivity contribution is -0.121. The molecule has 1 aliphatic heterocycles. The Kier molecular flexibility index (Phi) is 5.91. The molecule has 0 aliphatic carbocycles. The fourth-order valence-corrected chi connectivity index (χ4v) is 4.35. The van der Waals surface area contributed by atoms with Crippen LogP contribution in [0.2, 0.25) is 0 Å². The number of likely N-dealkylation sites (tertiary alicyclic amines) is 1. The Morgan fingerprint density at radius 2 is 1.38 bits per heavy atom. The van der Waals surface area contributed by atoms with E-state index in [1.807, 2.05) is 48.5 Å². The van der Waals surface area contributed by atoms with Crippen LogP contribution in [0.3, 0.4) is 0 Å². The van der Waals surface area contributed by atoms with Crippen LogP contribution in [0.15, 0.2) is 89.7 Å². The van der Waals surface area contributed by atoms with E-state index >= 15 is 0 Å². The lowest BCUT2D eigenvalue weighted by Gasteiger charge is -2.31. The molecule has 1 saturated heterocycles. The zero-order valence-corrected chi connectivity index (χ0v) is 18.6. The van der Waals surface area contributed by atoms with Crippen molar-refractivity contribution in [1.29, 1.82) is 0 Å². The summed E-state index contributed by atoms with van der Waals surface area (Å²) >= 11 is 0. The van der Waals surface area contributed by atoms with Crippen molar-refractivity contribution in [1.82, 2.24) is 14.7 Å². The van der Waals surface area contributed by atoms with Gasteiger partial charge in [-0.15, -0.1) is 0 Å². The van der Waals surface area contributed by atoms with Crippen LogP contribution in [0.5, 0.6) is 0 Å². The van der Waals surface area contributed by atoms with E-state index in [2.05, 4.69) is 10.4 Å². The van der Waals surface area contributed by atoms with Crippen molar-refractivity contribution in [3.8, 4) is 5.69 Å². The normalized spacial score (nSPS) is 14.2. The van der Waals surface area contributed by atoms with Crippen LogP contribution >= 0.6 is 0 Å². The number of nitrogens with zero attached hydrogens (tertiary/aromatic N) is 3. The van der Waals surface area contributed by atoms with Crippen LogP contribution < -0.4 is 10.9 Å². The lowest BCUT2D eigenvalue weighted by atomic mass is 9.95. The molecule has 170 valence electrons. The monoisotopic (exact) mass is 452 g/mol. The summed E-state index contributed by atoms with van der Waals surface area (Å²) in [5, 5.41) is 8.42. The van der Waals surface area contributed by atoms with Crippen molar-refractivity contribution in [2.24, 2.45) is 5.92 Å². The van der Waals surface area contributed by atoms with Gasteiger partial charge in [0.05, 0.1) is 11.1 Å². The smallest absolute Gasteiger partial charge is 0.279 e. The quantitative estimate of drug-likeness (QED) is 0.509. The summed E-state index contributed by atoms with van der Waals surface area (Å²) in [5.74, 6) is -0.422. The van der Waals surface area contributed by atoms with Gasteiger partial charge in [-0.2, -0.15) is 9.78 Å². The van der Waals surface area contributed by atoms with Crippen LogP contribution in [0.1, 0.15) is 23.3 Å². The minimum absolute atomic E-state index is 0.0282. The number of benzene rings is 3. The van der Waals surface area contributed by atoms with Gasteiger partial charge < -0.3 is 10.2 Å². The zero-order valence-electron chi connectivity index (χ0n) is 18.6. The highest BCUT2D eigenvalue weighted by Gasteiger charge is 2.30. The number of anilines is 1. The number of aromatic nitrogens is 2. The van der Waals surface area contributed by atoms with Crippen molar-refractivity contribution < 1.29 is 9.59 Å². The summed E-state index contributed by atoms with van der Waals surface area (Å²) in [4.78, 5) is 41.0. The molecule has 0 bridgehead atoms. The number of fused-ring (bicyclic) bond motifs is 1. The van der Waals surface area contributed by atoms with Crippen molar-refractivity contribution in [2.45, 2.75) is 12.8 Å². The Morgan fingerprint density at radius 3 is 2.06 bits per heavy atom. The maximum absolute atomic E-state index is 13.5. The zero-order chi connectivity index (χ0) is 23.5. The standard InChI is InChI=1S/C27H24N4O3/c32-25(28-20-9-3-1-4-10-20)19-15-17-30(18-16-19)27(34)24-22-13-7-8-14-23(22)26(33)31(29-24)21-11-5-2-6-12-21/h1-14,19H,15-18H2,(H,28,32). The van der Waals surface area contributed by atoms with Gasteiger partial charge >= 0.3 is 0 Å². The summed E-state index contributed by atoms with van der Waals surface area (Å²) in [6.07, 6.45) is 1.14. The number of para-hydroxylation sites is 2. The summed E-state index contributed by atoms with van der Waals surface area (Å²) in [5.41, 5.74) is 1.34. The highest BCUT2D eigenvalue weighted by atomic mass is 16.2. The summed E-state index contributed by atoms with van der Waals surface area (Å²) in [6.45, 7) is 0.901. The molecule has 1 aliphatic rings. The summed E-state index contributed by atoms with van der Waals surface area (Å²) < 4.78 is 1.29. The average molecular weight is 453 g/mol. The molecule has 34 heavy (non-hydrogen) atoms. The first-order valence-corrected chi connectivity index (χ1v) is 11.3. The molecule has 2 heterocycles. The van der Waals surface area contributed by atoms with Gasteiger partial charge in [-0.25, -0.2) is 0 Å². The van der Waals surface area contributed by atoms with Gasteiger partial charge in [0.15, 0.2) is 5.69 Å². The maximum Gasteiger partial charge on any atom is 0.279 e. The second kappa shape index (κ2) is 9.31. The molecule has 0 atom stereocenters. The van der Waals surface area contributed by atoms with Crippen LogP contribution in [-0.4, -0.2) is 39.6 Å². The number of amides is 2. The van der Waals surface area contributed by atoms with E-state index in [-0.39, 0.29) is 29.0 Å². The first-order chi connectivity index (χ1) is 16.6. The van der Waals surface area contributed by atoms with Crippen molar-refractivity contribution in [2.75, 3.05) is 18.4 Å². The van der Waals surface area contributed by atoms with Gasteiger partial charge in [-0.3, -0.25) is 14.4 Å². The average Bonchev–Trinajstić information content (AvgIpc) is 2.90. The van der Waals surface area contributed by atoms with E-state index in [0.29, 0.717) is 42.4 Å².